The number of aliphatic hydroxyl groups is 1. The van der Waals surface area contributed by atoms with Crippen molar-refractivity contribution in [2.24, 2.45) is 5.41 Å². The van der Waals surface area contributed by atoms with Crippen molar-refractivity contribution in [2.75, 3.05) is 13.2 Å². The summed E-state index contributed by atoms with van der Waals surface area (Å²) in [6, 6.07) is 8.49. The zero-order valence-electron chi connectivity index (χ0n) is 10.9. The minimum Gasteiger partial charge on any atom is -0.395 e. The fraction of sp³-hybridized carbons (Fsp3) is 0.533. The number of aliphatic hydroxyl groups excluding tert-OH is 1. The second kappa shape index (κ2) is 5.53. The van der Waals surface area contributed by atoms with Gasteiger partial charge in [-0.15, -0.1) is 0 Å². The predicted octanol–water partition coefficient (Wildman–Crippen LogP) is 1.68. The monoisotopic (exact) mass is 247 g/mol. The molecule has 0 aliphatic heterocycles. The van der Waals surface area contributed by atoms with Crippen molar-refractivity contribution in [3.63, 3.8) is 0 Å². The normalized spacial score (nSPS) is 16.3. The second-order valence-electron chi connectivity index (χ2n) is 5.11. The highest BCUT2D eigenvalue weighted by molar-refractivity contribution is 5.85. The summed E-state index contributed by atoms with van der Waals surface area (Å²) in [4.78, 5) is 11.8. The second-order valence-corrected chi connectivity index (χ2v) is 5.11. The van der Waals surface area contributed by atoms with Crippen molar-refractivity contribution >= 4 is 5.91 Å². The Hall–Kier alpha value is -1.35. The summed E-state index contributed by atoms with van der Waals surface area (Å²) in [6.45, 7) is 2.76. The lowest BCUT2D eigenvalue weighted by atomic mass is 10.1. The number of carbonyl (C=O) groups excluding carboxylic acids is 1. The summed E-state index contributed by atoms with van der Waals surface area (Å²) in [5, 5.41) is 12.1. The zero-order valence-corrected chi connectivity index (χ0v) is 10.9. The molecule has 0 aromatic heterocycles. The maximum Gasteiger partial charge on any atom is 0.228 e. The molecule has 98 valence electrons. The van der Waals surface area contributed by atoms with Crippen molar-refractivity contribution < 1.29 is 9.90 Å². The van der Waals surface area contributed by atoms with Gasteiger partial charge in [0, 0.05) is 6.54 Å². The van der Waals surface area contributed by atoms with Crippen LogP contribution in [0.1, 0.15) is 30.9 Å². The largest absolute Gasteiger partial charge is 0.395 e. The number of aryl methyl sites for hydroxylation is 1. The summed E-state index contributed by atoms with van der Waals surface area (Å²) in [5.74, 6) is 0.00942. The summed E-state index contributed by atoms with van der Waals surface area (Å²) >= 11 is 0. The first-order valence-electron chi connectivity index (χ1n) is 6.67. The molecular weight excluding hydrogens is 226 g/mol. The molecule has 0 heterocycles. The number of benzene rings is 1. The summed E-state index contributed by atoms with van der Waals surface area (Å²) in [5.41, 5.74) is 2.12. The highest BCUT2D eigenvalue weighted by Crippen LogP contribution is 2.45. The Balaban J connectivity index is 1.76. The fourth-order valence-electron chi connectivity index (χ4n) is 2.06. The van der Waals surface area contributed by atoms with Crippen LogP contribution in [0.3, 0.4) is 0 Å². The van der Waals surface area contributed by atoms with Crippen LogP contribution in [0.15, 0.2) is 24.3 Å². The Morgan fingerprint density at radius 3 is 2.39 bits per heavy atom. The fourth-order valence-corrected chi connectivity index (χ4v) is 2.06. The van der Waals surface area contributed by atoms with Crippen molar-refractivity contribution in [1.82, 2.24) is 5.32 Å². The SMILES string of the molecule is CCc1ccc(CCNC(=O)C2(CO)CC2)cc1. The standard InChI is InChI=1S/C15H21NO2/c1-2-12-3-5-13(6-4-12)7-10-16-14(18)15(11-17)8-9-15/h3-6,17H,2,7-11H2,1H3,(H,16,18). The van der Waals surface area contributed by atoms with Gasteiger partial charge < -0.3 is 10.4 Å². The van der Waals surface area contributed by atoms with Crippen molar-refractivity contribution in [3.05, 3.63) is 35.4 Å². The lowest BCUT2D eigenvalue weighted by molar-refractivity contribution is -0.127. The van der Waals surface area contributed by atoms with Crippen LogP contribution < -0.4 is 5.32 Å². The smallest absolute Gasteiger partial charge is 0.228 e. The van der Waals surface area contributed by atoms with Gasteiger partial charge in [-0.25, -0.2) is 0 Å². The Morgan fingerprint density at radius 2 is 1.89 bits per heavy atom. The Morgan fingerprint density at radius 1 is 1.28 bits per heavy atom. The van der Waals surface area contributed by atoms with Gasteiger partial charge in [-0.2, -0.15) is 0 Å². The van der Waals surface area contributed by atoms with E-state index in [9.17, 15) is 4.79 Å². The lowest BCUT2D eigenvalue weighted by Gasteiger charge is -2.12. The molecule has 1 aromatic rings. The van der Waals surface area contributed by atoms with Crippen LogP contribution >= 0.6 is 0 Å². The maximum absolute atomic E-state index is 11.8. The first-order chi connectivity index (χ1) is 8.70. The first-order valence-corrected chi connectivity index (χ1v) is 6.67. The molecule has 18 heavy (non-hydrogen) atoms. The highest BCUT2D eigenvalue weighted by atomic mass is 16.3. The molecule has 3 nitrogen and oxygen atoms in total. The number of hydrogen-bond acceptors (Lipinski definition) is 2. The molecule has 1 aromatic carbocycles. The number of rotatable bonds is 6. The number of amides is 1. The third-order valence-corrected chi connectivity index (χ3v) is 3.77. The molecule has 1 amide bonds. The zero-order chi connectivity index (χ0) is 13.0. The van der Waals surface area contributed by atoms with E-state index in [0.29, 0.717) is 6.54 Å². The molecule has 0 radical (unpaired) electrons. The Kier molecular flexibility index (Phi) is 4.02. The van der Waals surface area contributed by atoms with Crippen LogP contribution in [0, 0.1) is 5.41 Å². The van der Waals surface area contributed by atoms with E-state index in [-0.39, 0.29) is 12.5 Å². The minimum atomic E-state index is -0.452. The van der Waals surface area contributed by atoms with E-state index in [1.165, 1.54) is 11.1 Å². The quantitative estimate of drug-likeness (QED) is 0.803. The molecule has 1 fully saturated rings. The molecular formula is C15H21NO2. The lowest BCUT2D eigenvalue weighted by Crippen LogP contribution is -2.35. The van der Waals surface area contributed by atoms with Gasteiger partial charge in [0.15, 0.2) is 0 Å². The van der Waals surface area contributed by atoms with E-state index in [1.54, 1.807) is 0 Å². The van der Waals surface area contributed by atoms with Crippen LogP contribution in [-0.4, -0.2) is 24.2 Å². The third-order valence-electron chi connectivity index (χ3n) is 3.77. The van der Waals surface area contributed by atoms with Gasteiger partial charge >= 0.3 is 0 Å². The predicted molar refractivity (Wildman–Crippen MR) is 71.3 cm³/mol. The van der Waals surface area contributed by atoms with Gasteiger partial charge in [0.1, 0.15) is 0 Å². The van der Waals surface area contributed by atoms with Crippen molar-refractivity contribution in [3.8, 4) is 0 Å². The van der Waals surface area contributed by atoms with Gasteiger partial charge in [0.05, 0.1) is 12.0 Å². The average Bonchev–Trinajstić information content (AvgIpc) is 3.20. The van der Waals surface area contributed by atoms with Gasteiger partial charge in [0.25, 0.3) is 0 Å². The minimum absolute atomic E-state index is 0.00942. The van der Waals surface area contributed by atoms with E-state index in [2.05, 4.69) is 36.5 Å². The van der Waals surface area contributed by atoms with Gasteiger partial charge in [0.2, 0.25) is 5.91 Å². The number of nitrogens with one attached hydrogen (secondary N) is 1. The third kappa shape index (κ3) is 2.91. The summed E-state index contributed by atoms with van der Waals surface area (Å²) < 4.78 is 0. The van der Waals surface area contributed by atoms with Crippen LogP contribution in [0.25, 0.3) is 0 Å². The van der Waals surface area contributed by atoms with E-state index in [0.717, 1.165) is 25.7 Å². The molecule has 1 saturated carbocycles. The van der Waals surface area contributed by atoms with Crippen LogP contribution in [-0.2, 0) is 17.6 Å². The molecule has 3 heteroatoms. The Labute approximate surface area is 108 Å². The maximum atomic E-state index is 11.8. The molecule has 2 rings (SSSR count). The van der Waals surface area contributed by atoms with E-state index in [1.807, 2.05) is 0 Å². The molecule has 1 aliphatic carbocycles. The van der Waals surface area contributed by atoms with Gasteiger partial charge in [-0.05, 0) is 36.8 Å². The van der Waals surface area contributed by atoms with Crippen molar-refractivity contribution in [1.29, 1.82) is 0 Å². The van der Waals surface area contributed by atoms with Crippen LogP contribution in [0.5, 0.6) is 0 Å². The number of carbonyl (C=O) groups is 1. The average molecular weight is 247 g/mol. The van der Waals surface area contributed by atoms with Crippen molar-refractivity contribution in [2.45, 2.75) is 32.6 Å². The Bertz CT molecular complexity index is 407. The topological polar surface area (TPSA) is 49.3 Å². The molecule has 0 spiro atoms. The van der Waals surface area contributed by atoms with Crippen LogP contribution in [0.2, 0.25) is 0 Å². The highest BCUT2D eigenvalue weighted by Gasteiger charge is 2.49. The summed E-state index contributed by atoms with van der Waals surface area (Å²) in [6.07, 6.45) is 3.54. The number of hydrogen-bond donors (Lipinski definition) is 2. The molecule has 0 atom stereocenters. The summed E-state index contributed by atoms with van der Waals surface area (Å²) in [7, 11) is 0. The first kappa shape index (κ1) is 13.1. The van der Waals surface area contributed by atoms with Crippen LogP contribution in [0.4, 0.5) is 0 Å². The van der Waals surface area contributed by atoms with E-state index < -0.39 is 5.41 Å². The molecule has 1 aliphatic rings. The molecule has 2 N–H and O–H groups in total. The van der Waals surface area contributed by atoms with E-state index >= 15 is 0 Å². The van der Waals surface area contributed by atoms with E-state index in [4.69, 9.17) is 5.11 Å². The van der Waals surface area contributed by atoms with Gasteiger partial charge in [-0.1, -0.05) is 31.2 Å². The molecule has 0 bridgehead atoms. The molecule has 0 unspecified atom stereocenters. The van der Waals surface area contributed by atoms with Gasteiger partial charge in [-0.3, -0.25) is 4.79 Å². The molecule has 0 saturated heterocycles.